The number of carbonyl (C=O) groups excluding carboxylic acids is 3. The Kier molecular flexibility index (Phi) is 7.72. The van der Waals surface area contributed by atoms with Gasteiger partial charge in [0.05, 0.1) is 12.5 Å². The minimum atomic E-state index is -1.31. The number of nitrogens with one attached hydrogen (secondary N) is 3. The smallest absolute Gasteiger partial charge is 0.338 e. The highest BCUT2D eigenvalue weighted by Crippen LogP contribution is 2.11. The average Bonchev–Trinajstić information content (AvgIpc) is 2.71. The van der Waals surface area contributed by atoms with E-state index in [0.29, 0.717) is 30.6 Å². The van der Waals surface area contributed by atoms with Gasteiger partial charge in [-0.2, -0.15) is 0 Å². The lowest BCUT2D eigenvalue weighted by Crippen LogP contribution is -2.78. The topological polar surface area (TPSA) is 164 Å². The minimum absolute atomic E-state index is 0.00127. The van der Waals surface area contributed by atoms with Crippen LogP contribution < -0.4 is 32.2 Å². The summed E-state index contributed by atoms with van der Waals surface area (Å²) < 4.78 is 0. The summed E-state index contributed by atoms with van der Waals surface area (Å²) in [6.07, 6.45) is 0.858. The highest BCUT2D eigenvalue weighted by molar-refractivity contribution is 6.01. The van der Waals surface area contributed by atoms with Gasteiger partial charge in [-0.05, 0) is 42.7 Å². The molecule has 0 spiro atoms. The van der Waals surface area contributed by atoms with E-state index in [0.717, 1.165) is 0 Å². The van der Waals surface area contributed by atoms with Gasteiger partial charge >= 0.3 is 5.96 Å². The molecule has 9 nitrogen and oxygen atoms in total. The molecule has 2 aromatic rings. The second-order valence-corrected chi connectivity index (χ2v) is 6.27. The molecule has 0 aliphatic rings. The summed E-state index contributed by atoms with van der Waals surface area (Å²) in [5.41, 5.74) is 11.5. The normalized spacial score (nSPS) is 11.2. The number of nitrogens with two attached hydrogens (primary N) is 2. The third-order valence-electron chi connectivity index (χ3n) is 4.04. The van der Waals surface area contributed by atoms with Crippen molar-refractivity contribution in [3.05, 3.63) is 65.7 Å². The highest BCUT2D eigenvalue weighted by atomic mass is 16.4. The Hall–Kier alpha value is -3.88. The molecule has 1 atom stereocenters. The fraction of sp³-hybridized carbons (Fsp3) is 0.200. The van der Waals surface area contributed by atoms with E-state index in [-0.39, 0.29) is 17.4 Å². The van der Waals surface area contributed by atoms with Crippen LogP contribution in [0.2, 0.25) is 0 Å². The summed E-state index contributed by atoms with van der Waals surface area (Å²) in [6, 6.07) is 13.3. The molecule has 0 unspecified atom stereocenters. The lowest BCUT2D eigenvalue weighted by Gasteiger charge is -2.18. The van der Waals surface area contributed by atoms with Crippen molar-refractivity contribution in [1.82, 2.24) is 5.32 Å². The van der Waals surface area contributed by atoms with Crippen LogP contribution in [0.15, 0.2) is 54.6 Å². The maximum Gasteiger partial charge on any atom is 0.338 e. The molecular weight excluding hydrogens is 374 g/mol. The molecule has 2 rings (SSSR count). The van der Waals surface area contributed by atoms with Crippen LogP contribution in [0.5, 0.6) is 0 Å². The van der Waals surface area contributed by atoms with E-state index in [1.54, 1.807) is 30.3 Å². The Bertz CT molecular complexity index is 878. The minimum Gasteiger partial charge on any atom is -0.545 e. The molecule has 0 bridgehead atoms. The molecule has 0 fully saturated rings. The van der Waals surface area contributed by atoms with Crippen molar-refractivity contribution in [2.45, 2.75) is 18.9 Å². The fourth-order valence-electron chi connectivity index (χ4n) is 2.56. The Morgan fingerprint density at radius 2 is 1.62 bits per heavy atom. The predicted octanol–water partition coefficient (Wildman–Crippen LogP) is -2.08. The Morgan fingerprint density at radius 3 is 2.21 bits per heavy atom. The first-order chi connectivity index (χ1) is 13.9. The number of hydrogen-bond donors (Lipinski definition) is 5. The first kappa shape index (κ1) is 21.4. The van der Waals surface area contributed by atoms with Gasteiger partial charge in [0.15, 0.2) is 0 Å². The van der Waals surface area contributed by atoms with E-state index in [4.69, 9.17) is 11.5 Å². The Morgan fingerprint density at radius 1 is 0.966 bits per heavy atom. The van der Waals surface area contributed by atoms with Gasteiger partial charge in [-0.15, -0.1) is 0 Å². The van der Waals surface area contributed by atoms with Gasteiger partial charge in [0.2, 0.25) is 5.91 Å². The fourth-order valence-corrected chi connectivity index (χ4v) is 2.56. The van der Waals surface area contributed by atoms with Gasteiger partial charge in [0, 0.05) is 11.3 Å². The van der Waals surface area contributed by atoms with Crippen LogP contribution in [0, 0.1) is 0 Å². The third kappa shape index (κ3) is 6.98. The van der Waals surface area contributed by atoms with Gasteiger partial charge < -0.3 is 20.5 Å². The van der Waals surface area contributed by atoms with E-state index >= 15 is 0 Å². The van der Waals surface area contributed by atoms with Crippen LogP contribution in [0.3, 0.4) is 0 Å². The number of aromatic carboxylic acids is 1. The molecule has 152 valence electrons. The van der Waals surface area contributed by atoms with E-state index in [2.05, 4.69) is 15.6 Å². The van der Waals surface area contributed by atoms with Gasteiger partial charge in [0.25, 0.3) is 5.91 Å². The van der Waals surface area contributed by atoms with Crippen LogP contribution in [-0.4, -0.2) is 36.3 Å². The summed E-state index contributed by atoms with van der Waals surface area (Å²) in [7, 11) is 0. The van der Waals surface area contributed by atoms with Crippen LogP contribution in [0.4, 0.5) is 5.69 Å². The number of hydrogen-bond acceptors (Lipinski definition) is 4. The summed E-state index contributed by atoms with van der Waals surface area (Å²) in [6.45, 7) is 0.438. The molecule has 0 radical (unpaired) electrons. The lowest BCUT2D eigenvalue weighted by atomic mass is 10.1. The number of benzene rings is 2. The maximum atomic E-state index is 12.7. The van der Waals surface area contributed by atoms with E-state index < -0.39 is 17.9 Å². The molecule has 0 aliphatic carbocycles. The molecule has 2 aromatic carbocycles. The van der Waals surface area contributed by atoms with Crippen molar-refractivity contribution in [1.29, 1.82) is 0 Å². The zero-order valence-electron chi connectivity index (χ0n) is 15.7. The predicted molar refractivity (Wildman–Crippen MR) is 106 cm³/mol. The van der Waals surface area contributed by atoms with Gasteiger partial charge in [-0.3, -0.25) is 26.0 Å². The van der Waals surface area contributed by atoms with Gasteiger partial charge in [0.1, 0.15) is 6.04 Å². The van der Waals surface area contributed by atoms with E-state index in [9.17, 15) is 19.5 Å². The number of anilines is 1. The molecule has 0 aromatic heterocycles. The quantitative estimate of drug-likeness (QED) is 0.185. The lowest BCUT2D eigenvalue weighted by molar-refractivity contribution is -0.459. The van der Waals surface area contributed by atoms with Crippen LogP contribution in [0.25, 0.3) is 0 Å². The monoisotopic (exact) mass is 397 g/mol. The van der Waals surface area contributed by atoms with E-state index in [1.807, 2.05) is 0 Å². The number of guanidine groups is 1. The number of carboxylic acids is 1. The summed E-state index contributed by atoms with van der Waals surface area (Å²) >= 11 is 0. The van der Waals surface area contributed by atoms with Crippen molar-refractivity contribution in [2.75, 3.05) is 11.9 Å². The standard InChI is InChI=1S/C20H23N5O4/c21-20(22)23-12-4-7-16(25-17(26)13-5-2-1-3-6-13)18(27)24-15-10-8-14(9-11-15)19(28)29/h1-3,5-6,8-11,16H,4,7,12H2,(H,24,27)(H,25,26)(H,28,29)(H4,21,22,23)/t16-/m0/s1. The van der Waals surface area contributed by atoms with Crippen LogP contribution in [-0.2, 0) is 4.79 Å². The molecule has 0 saturated heterocycles. The Balaban J connectivity index is 2.07. The number of carbonyl (C=O) groups is 3. The largest absolute Gasteiger partial charge is 0.545 e. The number of carboxylic acid groups (broad SMARTS) is 1. The zero-order chi connectivity index (χ0) is 21.2. The first-order valence-electron chi connectivity index (χ1n) is 8.97. The first-order valence-corrected chi connectivity index (χ1v) is 8.97. The molecule has 0 aliphatic heterocycles. The van der Waals surface area contributed by atoms with Gasteiger partial charge in [-0.25, -0.2) is 0 Å². The molecule has 7 N–H and O–H groups in total. The van der Waals surface area contributed by atoms with Crippen molar-refractivity contribution in [3.8, 4) is 0 Å². The second-order valence-electron chi connectivity index (χ2n) is 6.27. The zero-order valence-corrected chi connectivity index (χ0v) is 15.7. The van der Waals surface area contributed by atoms with Gasteiger partial charge in [-0.1, -0.05) is 30.3 Å². The highest BCUT2D eigenvalue weighted by Gasteiger charge is 2.21. The Labute approximate surface area is 167 Å². The average molecular weight is 397 g/mol. The van der Waals surface area contributed by atoms with Crippen LogP contribution in [0.1, 0.15) is 33.6 Å². The number of rotatable bonds is 9. The summed E-state index contributed by atoms with van der Waals surface area (Å²) in [4.78, 5) is 38.7. The molecular formula is C20H23N5O4. The van der Waals surface area contributed by atoms with Crippen LogP contribution >= 0.6 is 0 Å². The SMILES string of the molecule is NC(N)=[NH+]CCC[C@H](NC(=O)c1ccccc1)C(=O)Nc1ccc(C(=O)[O-])cc1. The summed E-state index contributed by atoms with van der Waals surface area (Å²) in [5.74, 6) is -2.04. The second kappa shape index (κ2) is 10.5. The van der Waals surface area contributed by atoms with Crippen molar-refractivity contribution in [2.24, 2.45) is 11.5 Å². The summed E-state index contributed by atoms with van der Waals surface area (Å²) in [5, 5.41) is 16.2. The molecule has 0 heterocycles. The number of amides is 2. The molecule has 2 amide bonds. The third-order valence-corrected chi connectivity index (χ3v) is 4.04. The van der Waals surface area contributed by atoms with E-state index in [1.165, 1.54) is 24.3 Å². The molecule has 29 heavy (non-hydrogen) atoms. The maximum absolute atomic E-state index is 12.7. The molecule has 0 saturated carbocycles. The molecule has 9 heteroatoms. The van der Waals surface area contributed by atoms with Crippen molar-refractivity contribution in [3.63, 3.8) is 0 Å². The van der Waals surface area contributed by atoms with Crippen molar-refractivity contribution < 1.29 is 24.5 Å². The van der Waals surface area contributed by atoms with Crippen molar-refractivity contribution >= 4 is 29.4 Å².